The second-order valence-electron chi connectivity index (χ2n) is 4.69. The first-order valence-corrected chi connectivity index (χ1v) is 6.93. The topological polar surface area (TPSA) is 58.6 Å². The van der Waals surface area contributed by atoms with E-state index in [2.05, 4.69) is 5.32 Å². The van der Waals surface area contributed by atoms with Gasteiger partial charge in [-0.1, -0.05) is 24.3 Å². The van der Waals surface area contributed by atoms with Crippen molar-refractivity contribution in [2.75, 3.05) is 6.61 Å². The number of rotatable bonds is 7. The summed E-state index contributed by atoms with van der Waals surface area (Å²) in [5.41, 5.74) is 2.40. The van der Waals surface area contributed by atoms with Gasteiger partial charge in [0.05, 0.1) is 12.2 Å². The van der Waals surface area contributed by atoms with Crippen molar-refractivity contribution in [2.45, 2.75) is 20.0 Å². The fourth-order valence-electron chi connectivity index (χ4n) is 2.08. The van der Waals surface area contributed by atoms with Crippen LogP contribution in [0, 0.1) is 0 Å². The molecule has 0 atom stereocenters. The van der Waals surface area contributed by atoms with Gasteiger partial charge in [0, 0.05) is 13.1 Å². The Labute approximate surface area is 124 Å². The Kier molecular flexibility index (Phi) is 5.35. The van der Waals surface area contributed by atoms with Crippen LogP contribution in [0.3, 0.4) is 0 Å². The molecule has 2 rings (SSSR count). The summed E-state index contributed by atoms with van der Waals surface area (Å²) in [6.45, 7) is 3.94. The summed E-state index contributed by atoms with van der Waals surface area (Å²) in [5.74, 6) is -0.0362. The maximum Gasteiger partial charge on any atom is 0.335 e. The first kappa shape index (κ1) is 15.1. The van der Waals surface area contributed by atoms with Crippen molar-refractivity contribution in [3.63, 3.8) is 0 Å². The van der Waals surface area contributed by atoms with E-state index in [4.69, 9.17) is 9.84 Å². The van der Waals surface area contributed by atoms with E-state index >= 15 is 0 Å². The summed E-state index contributed by atoms with van der Waals surface area (Å²) in [6.07, 6.45) is 0. The van der Waals surface area contributed by atoms with Gasteiger partial charge in [-0.3, -0.25) is 0 Å². The summed E-state index contributed by atoms with van der Waals surface area (Å²) in [4.78, 5) is 10.9. The molecule has 4 heteroatoms. The molecule has 0 aliphatic rings. The molecule has 110 valence electrons. The SMILES string of the molecule is CCOc1cccc(CNCc2cccc(C(=O)O)c2)c1. The number of ether oxygens (including phenoxy) is 1. The molecule has 2 aromatic rings. The predicted molar refractivity (Wildman–Crippen MR) is 81.6 cm³/mol. The van der Waals surface area contributed by atoms with Crippen LogP contribution in [-0.2, 0) is 13.1 Å². The average molecular weight is 285 g/mol. The molecule has 0 saturated heterocycles. The van der Waals surface area contributed by atoms with Crippen LogP contribution in [0.4, 0.5) is 0 Å². The number of benzene rings is 2. The minimum absolute atomic E-state index is 0.313. The molecule has 2 aromatic carbocycles. The zero-order valence-corrected chi connectivity index (χ0v) is 12.0. The van der Waals surface area contributed by atoms with Crippen LogP contribution in [0.2, 0.25) is 0 Å². The maximum atomic E-state index is 10.9. The van der Waals surface area contributed by atoms with Crippen molar-refractivity contribution < 1.29 is 14.6 Å². The van der Waals surface area contributed by atoms with Gasteiger partial charge < -0.3 is 15.2 Å². The molecule has 0 heterocycles. The van der Waals surface area contributed by atoms with Gasteiger partial charge in [-0.25, -0.2) is 4.79 Å². The van der Waals surface area contributed by atoms with E-state index in [9.17, 15) is 4.79 Å². The van der Waals surface area contributed by atoms with E-state index in [0.29, 0.717) is 25.3 Å². The highest BCUT2D eigenvalue weighted by Crippen LogP contribution is 2.13. The van der Waals surface area contributed by atoms with Crippen LogP contribution in [0.5, 0.6) is 5.75 Å². The van der Waals surface area contributed by atoms with Crippen molar-refractivity contribution in [3.8, 4) is 5.75 Å². The Morgan fingerprint density at radius 2 is 1.76 bits per heavy atom. The van der Waals surface area contributed by atoms with Gasteiger partial charge >= 0.3 is 5.97 Å². The van der Waals surface area contributed by atoms with Crippen molar-refractivity contribution in [3.05, 3.63) is 65.2 Å². The van der Waals surface area contributed by atoms with Crippen molar-refractivity contribution in [1.29, 1.82) is 0 Å². The predicted octanol–water partition coefficient (Wildman–Crippen LogP) is 3.07. The second kappa shape index (κ2) is 7.45. The summed E-state index contributed by atoms with van der Waals surface area (Å²) >= 11 is 0. The number of nitrogens with one attached hydrogen (secondary N) is 1. The number of hydrogen-bond donors (Lipinski definition) is 2. The van der Waals surface area contributed by atoms with Crippen LogP contribution in [0.15, 0.2) is 48.5 Å². The number of carboxylic acid groups (broad SMARTS) is 1. The molecular weight excluding hydrogens is 266 g/mol. The molecule has 0 radical (unpaired) electrons. The molecule has 4 nitrogen and oxygen atoms in total. The van der Waals surface area contributed by atoms with E-state index in [0.717, 1.165) is 16.9 Å². The van der Waals surface area contributed by atoms with E-state index < -0.39 is 5.97 Å². The van der Waals surface area contributed by atoms with Crippen LogP contribution in [0.1, 0.15) is 28.4 Å². The molecule has 0 unspecified atom stereocenters. The average Bonchev–Trinajstić information content (AvgIpc) is 2.48. The molecule has 0 aliphatic carbocycles. The highest BCUT2D eigenvalue weighted by molar-refractivity contribution is 5.87. The highest BCUT2D eigenvalue weighted by Gasteiger charge is 2.03. The fraction of sp³-hybridized carbons (Fsp3) is 0.235. The number of carboxylic acids is 1. The van der Waals surface area contributed by atoms with Gasteiger partial charge in [-0.15, -0.1) is 0 Å². The molecule has 0 saturated carbocycles. The van der Waals surface area contributed by atoms with Crippen LogP contribution in [-0.4, -0.2) is 17.7 Å². The van der Waals surface area contributed by atoms with Gasteiger partial charge in [0.2, 0.25) is 0 Å². The first-order chi connectivity index (χ1) is 10.2. The Hall–Kier alpha value is -2.33. The van der Waals surface area contributed by atoms with Gasteiger partial charge in [0.15, 0.2) is 0 Å². The third-order valence-corrected chi connectivity index (χ3v) is 3.04. The molecule has 0 bridgehead atoms. The number of carbonyl (C=O) groups is 1. The molecular formula is C17H19NO3. The van der Waals surface area contributed by atoms with E-state index in [1.807, 2.05) is 37.3 Å². The maximum absolute atomic E-state index is 10.9. The normalized spacial score (nSPS) is 10.3. The monoisotopic (exact) mass is 285 g/mol. The number of hydrogen-bond acceptors (Lipinski definition) is 3. The lowest BCUT2D eigenvalue weighted by Crippen LogP contribution is -2.13. The zero-order chi connectivity index (χ0) is 15.1. The molecule has 0 amide bonds. The lowest BCUT2D eigenvalue weighted by molar-refractivity contribution is 0.0696. The number of aromatic carboxylic acids is 1. The van der Waals surface area contributed by atoms with Gasteiger partial charge in [0.1, 0.15) is 5.75 Å². The minimum atomic E-state index is -0.902. The molecule has 0 fully saturated rings. The molecule has 21 heavy (non-hydrogen) atoms. The van der Waals surface area contributed by atoms with Crippen molar-refractivity contribution in [2.24, 2.45) is 0 Å². The lowest BCUT2D eigenvalue weighted by Gasteiger charge is -2.08. The quantitative estimate of drug-likeness (QED) is 0.821. The summed E-state index contributed by atoms with van der Waals surface area (Å²) in [5, 5.41) is 12.3. The third kappa shape index (κ3) is 4.61. The second-order valence-corrected chi connectivity index (χ2v) is 4.69. The largest absolute Gasteiger partial charge is 0.494 e. The molecule has 0 spiro atoms. The lowest BCUT2D eigenvalue weighted by atomic mass is 10.1. The van der Waals surface area contributed by atoms with Gasteiger partial charge in [-0.05, 0) is 42.3 Å². The smallest absolute Gasteiger partial charge is 0.335 e. The Balaban J connectivity index is 1.90. The van der Waals surface area contributed by atoms with Crippen molar-refractivity contribution >= 4 is 5.97 Å². The summed E-state index contributed by atoms with van der Waals surface area (Å²) < 4.78 is 5.46. The standard InChI is InChI=1S/C17H19NO3/c1-2-21-16-8-4-6-14(10-16)12-18-11-13-5-3-7-15(9-13)17(19)20/h3-10,18H,2,11-12H2,1H3,(H,19,20). The molecule has 0 aliphatic heterocycles. The molecule has 2 N–H and O–H groups in total. The third-order valence-electron chi connectivity index (χ3n) is 3.04. The van der Waals surface area contributed by atoms with Crippen LogP contribution < -0.4 is 10.1 Å². The van der Waals surface area contributed by atoms with Gasteiger partial charge in [-0.2, -0.15) is 0 Å². The Bertz CT molecular complexity index is 610. The highest BCUT2D eigenvalue weighted by atomic mass is 16.5. The Morgan fingerprint density at radius 1 is 1.10 bits per heavy atom. The van der Waals surface area contributed by atoms with E-state index in [1.165, 1.54) is 0 Å². The van der Waals surface area contributed by atoms with E-state index in [-0.39, 0.29) is 0 Å². The van der Waals surface area contributed by atoms with Crippen LogP contribution in [0.25, 0.3) is 0 Å². The van der Waals surface area contributed by atoms with E-state index in [1.54, 1.807) is 18.2 Å². The summed E-state index contributed by atoms with van der Waals surface area (Å²) in [7, 11) is 0. The minimum Gasteiger partial charge on any atom is -0.494 e. The Morgan fingerprint density at radius 3 is 2.43 bits per heavy atom. The fourth-order valence-corrected chi connectivity index (χ4v) is 2.08. The van der Waals surface area contributed by atoms with Gasteiger partial charge in [0.25, 0.3) is 0 Å². The first-order valence-electron chi connectivity index (χ1n) is 6.93. The van der Waals surface area contributed by atoms with Crippen LogP contribution >= 0.6 is 0 Å². The summed E-state index contributed by atoms with van der Waals surface area (Å²) in [6, 6.07) is 14.9. The molecule has 0 aromatic heterocycles. The zero-order valence-electron chi connectivity index (χ0n) is 12.0. The van der Waals surface area contributed by atoms with Crippen molar-refractivity contribution in [1.82, 2.24) is 5.32 Å².